The van der Waals surface area contributed by atoms with E-state index in [1.807, 2.05) is 6.92 Å². The fraction of sp³-hybridized carbons (Fsp3) is 0.294. The molecular weight excluding hydrogens is 356 g/mol. The molecule has 4 nitrogen and oxygen atoms in total. The van der Waals surface area contributed by atoms with Crippen LogP contribution in [0.5, 0.6) is 0 Å². The van der Waals surface area contributed by atoms with Crippen LogP contribution in [0, 0.1) is 5.82 Å². The third-order valence-corrected chi connectivity index (χ3v) is 4.23. The zero-order chi connectivity index (χ0) is 17.9. The standard InChI is InChI=1S/C17H16Cl2FNO3/c1-2-9-3-4-10(13(20)7-9)12-8-15(18)21-16(19)11(12)5-6-14(22)17(23)24/h3-4,7-8,14,22H,2,5-6H2,1H3,(H,23,24). The van der Waals surface area contributed by atoms with Gasteiger partial charge in [0.25, 0.3) is 0 Å². The summed E-state index contributed by atoms with van der Waals surface area (Å²) in [6.07, 6.45) is -0.773. The Morgan fingerprint density at radius 3 is 2.58 bits per heavy atom. The van der Waals surface area contributed by atoms with Crippen molar-refractivity contribution < 1.29 is 19.4 Å². The zero-order valence-corrected chi connectivity index (χ0v) is 14.4. The van der Waals surface area contributed by atoms with Gasteiger partial charge in [0, 0.05) is 5.56 Å². The summed E-state index contributed by atoms with van der Waals surface area (Å²) in [7, 11) is 0. The normalized spacial score (nSPS) is 12.2. The van der Waals surface area contributed by atoms with Crippen LogP contribution in [0.3, 0.4) is 0 Å². The molecule has 2 aromatic rings. The molecule has 1 atom stereocenters. The lowest BCUT2D eigenvalue weighted by atomic mass is 9.96. The number of benzene rings is 1. The van der Waals surface area contributed by atoms with Gasteiger partial charge in [-0.25, -0.2) is 14.2 Å². The number of carboxylic acids is 1. The highest BCUT2D eigenvalue weighted by molar-refractivity contribution is 6.33. The van der Waals surface area contributed by atoms with Crippen LogP contribution < -0.4 is 0 Å². The van der Waals surface area contributed by atoms with Crippen molar-refractivity contribution in [3.05, 3.63) is 51.5 Å². The smallest absolute Gasteiger partial charge is 0.332 e. The van der Waals surface area contributed by atoms with Gasteiger partial charge in [0.05, 0.1) is 0 Å². The maximum atomic E-state index is 14.4. The summed E-state index contributed by atoms with van der Waals surface area (Å²) in [6.45, 7) is 1.92. The largest absolute Gasteiger partial charge is 0.479 e. The molecule has 1 aromatic carbocycles. The second-order valence-electron chi connectivity index (χ2n) is 5.32. The summed E-state index contributed by atoms with van der Waals surface area (Å²) < 4.78 is 14.4. The van der Waals surface area contributed by atoms with Gasteiger partial charge in [0.1, 0.15) is 16.1 Å². The Kier molecular flexibility index (Phi) is 6.15. The zero-order valence-electron chi connectivity index (χ0n) is 12.9. The number of carbonyl (C=O) groups is 1. The van der Waals surface area contributed by atoms with Gasteiger partial charge in [-0.2, -0.15) is 0 Å². The van der Waals surface area contributed by atoms with Crippen molar-refractivity contribution in [3.63, 3.8) is 0 Å². The topological polar surface area (TPSA) is 70.4 Å². The van der Waals surface area contributed by atoms with Gasteiger partial charge in [-0.1, -0.05) is 42.3 Å². The quantitative estimate of drug-likeness (QED) is 0.748. The third-order valence-electron chi connectivity index (χ3n) is 3.73. The molecule has 0 aliphatic heterocycles. The van der Waals surface area contributed by atoms with Crippen LogP contribution in [0.4, 0.5) is 4.39 Å². The van der Waals surface area contributed by atoms with Crippen molar-refractivity contribution in [3.8, 4) is 11.1 Å². The molecule has 0 aliphatic rings. The number of halogens is 3. The Labute approximate surface area is 148 Å². The van der Waals surface area contributed by atoms with Crippen LogP contribution in [0.15, 0.2) is 24.3 Å². The van der Waals surface area contributed by atoms with E-state index in [1.54, 1.807) is 12.1 Å². The number of aliphatic carboxylic acids is 1. The fourth-order valence-corrected chi connectivity index (χ4v) is 2.91. The van der Waals surface area contributed by atoms with Gasteiger partial charge in [-0.05, 0) is 48.1 Å². The van der Waals surface area contributed by atoms with E-state index >= 15 is 0 Å². The number of aryl methyl sites for hydroxylation is 1. The van der Waals surface area contributed by atoms with E-state index in [-0.39, 0.29) is 23.1 Å². The van der Waals surface area contributed by atoms with E-state index in [9.17, 15) is 14.3 Å². The Balaban J connectivity index is 2.47. The van der Waals surface area contributed by atoms with Crippen molar-refractivity contribution in [1.29, 1.82) is 0 Å². The van der Waals surface area contributed by atoms with Gasteiger partial charge in [-0.15, -0.1) is 0 Å². The van der Waals surface area contributed by atoms with E-state index in [2.05, 4.69) is 4.98 Å². The highest BCUT2D eigenvalue weighted by atomic mass is 35.5. The van der Waals surface area contributed by atoms with E-state index in [0.717, 1.165) is 5.56 Å². The van der Waals surface area contributed by atoms with E-state index in [1.165, 1.54) is 12.1 Å². The van der Waals surface area contributed by atoms with Crippen molar-refractivity contribution >= 4 is 29.2 Å². The lowest BCUT2D eigenvalue weighted by Crippen LogP contribution is -2.20. The molecule has 1 aromatic heterocycles. The molecule has 2 rings (SSSR count). The molecule has 0 fully saturated rings. The molecule has 1 unspecified atom stereocenters. The Bertz CT molecular complexity index is 768. The van der Waals surface area contributed by atoms with Crippen LogP contribution in [-0.4, -0.2) is 27.3 Å². The van der Waals surface area contributed by atoms with Gasteiger partial charge < -0.3 is 10.2 Å². The Hall–Kier alpha value is -1.69. The highest BCUT2D eigenvalue weighted by Gasteiger charge is 2.19. The molecule has 24 heavy (non-hydrogen) atoms. The number of aromatic nitrogens is 1. The Morgan fingerprint density at radius 1 is 1.29 bits per heavy atom. The maximum Gasteiger partial charge on any atom is 0.332 e. The number of aliphatic hydroxyl groups is 1. The molecule has 0 saturated heterocycles. The van der Waals surface area contributed by atoms with Gasteiger partial charge >= 0.3 is 5.97 Å². The number of rotatable bonds is 6. The number of carboxylic acid groups (broad SMARTS) is 1. The lowest BCUT2D eigenvalue weighted by Gasteiger charge is -2.14. The number of hydrogen-bond acceptors (Lipinski definition) is 3. The molecule has 2 N–H and O–H groups in total. The first kappa shape index (κ1) is 18.6. The minimum atomic E-state index is -1.53. The van der Waals surface area contributed by atoms with Crippen molar-refractivity contribution in [1.82, 2.24) is 4.98 Å². The fourth-order valence-electron chi connectivity index (χ4n) is 2.39. The second kappa shape index (κ2) is 7.92. The average molecular weight is 372 g/mol. The van der Waals surface area contributed by atoms with Crippen molar-refractivity contribution in [2.75, 3.05) is 0 Å². The second-order valence-corrected chi connectivity index (χ2v) is 6.07. The monoisotopic (exact) mass is 371 g/mol. The summed E-state index contributed by atoms with van der Waals surface area (Å²) in [6, 6.07) is 6.36. The maximum absolute atomic E-state index is 14.4. The number of nitrogens with zero attached hydrogens (tertiary/aromatic N) is 1. The van der Waals surface area contributed by atoms with E-state index < -0.39 is 17.9 Å². The van der Waals surface area contributed by atoms with E-state index in [0.29, 0.717) is 23.1 Å². The first-order valence-corrected chi connectivity index (χ1v) is 8.13. The molecular formula is C17H16Cl2FNO3. The van der Waals surface area contributed by atoms with Crippen molar-refractivity contribution in [2.24, 2.45) is 0 Å². The molecule has 0 amide bonds. The molecule has 0 saturated carbocycles. The third kappa shape index (κ3) is 4.23. The molecule has 0 bridgehead atoms. The number of aliphatic hydroxyl groups excluding tert-OH is 1. The first-order chi connectivity index (χ1) is 11.3. The van der Waals surface area contributed by atoms with Crippen LogP contribution in [-0.2, 0) is 17.6 Å². The predicted octanol–water partition coefficient (Wildman–Crippen LogP) is 4.14. The highest BCUT2D eigenvalue weighted by Crippen LogP contribution is 2.33. The van der Waals surface area contributed by atoms with Crippen LogP contribution >= 0.6 is 23.2 Å². The summed E-state index contributed by atoms with van der Waals surface area (Å²) in [5, 5.41) is 18.4. The molecule has 0 spiro atoms. The van der Waals surface area contributed by atoms with Crippen LogP contribution in [0.2, 0.25) is 10.3 Å². The minimum Gasteiger partial charge on any atom is -0.479 e. The summed E-state index contributed by atoms with van der Waals surface area (Å²) >= 11 is 12.0. The molecule has 0 radical (unpaired) electrons. The van der Waals surface area contributed by atoms with Gasteiger partial charge in [0.15, 0.2) is 6.10 Å². The van der Waals surface area contributed by atoms with E-state index in [4.69, 9.17) is 28.3 Å². The van der Waals surface area contributed by atoms with Crippen molar-refractivity contribution in [2.45, 2.75) is 32.3 Å². The van der Waals surface area contributed by atoms with Crippen LogP contribution in [0.1, 0.15) is 24.5 Å². The molecule has 0 aliphatic carbocycles. The Morgan fingerprint density at radius 2 is 2.00 bits per heavy atom. The average Bonchev–Trinajstić information content (AvgIpc) is 2.52. The molecule has 1 heterocycles. The minimum absolute atomic E-state index is 0.0639. The van der Waals surface area contributed by atoms with Gasteiger partial charge in [-0.3, -0.25) is 0 Å². The summed E-state index contributed by atoms with van der Waals surface area (Å²) in [5.74, 6) is -1.75. The molecule has 7 heteroatoms. The lowest BCUT2D eigenvalue weighted by molar-refractivity contribution is -0.146. The predicted molar refractivity (Wildman–Crippen MR) is 91.0 cm³/mol. The number of pyridine rings is 1. The SMILES string of the molecule is CCc1ccc(-c2cc(Cl)nc(Cl)c2CCC(O)C(=O)O)c(F)c1. The summed E-state index contributed by atoms with van der Waals surface area (Å²) in [5.41, 5.74) is 2.05. The van der Waals surface area contributed by atoms with Crippen LogP contribution in [0.25, 0.3) is 11.1 Å². The van der Waals surface area contributed by atoms with Gasteiger partial charge in [0.2, 0.25) is 0 Å². The molecule has 128 valence electrons. The first-order valence-electron chi connectivity index (χ1n) is 7.38. The number of hydrogen-bond donors (Lipinski definition) is 2. The summed E-state index contributed by atoms with van der Waals surface area (Å²) in [4.78, 5) is 14.7.